The molecule has 0 saturated carbocycles. The summed E-state index contributed by atoms with van der Waals surface area (Å²) in [6.45, 7) is 0.669. The summed E-state index contributed by atoms with van der Waals surface area (Å²) in [5.41, 5.74) is 1.72. The highest BCUT2D eigenvalue weighted by Gasteiger charge is 2.25. The first-order chi connectivity index (χ1) is 16.5. The normalized spacial score (nSPS) is 11.3. The van der Waals surface area contributed by atoms with Crippen molar-refractivity contribution in [2.24, 2.45) is 0 Å². The van der Waals surface area contributed by atoms with Crippen molar-refractivity contribution in [3.05, 3.63) is 109 Å². The molecular weight excluding hydrogens is 444 g/mol. The van der Waals surface area contributed by atoms with Crippen LogP contribution in [0.3, 0.4) is 0 Å². The van der Waals surface area contributed by atoms with E-state index in [1.165, 1.54) is 4.31 Å². The van der Waals surface area contributed by atoms with Crippen molar-refractivity contribution in [2.45, 2.75) is 24.2 Å². The Balaban J connectivity index is 1.42. The van der Waals surface area contributed by atoms with Crippen LogP contribution in [-0.2, 0) is 21.2 Å². The zero-order valence-corrected chi connectivity index (χ0v) is 19.7. The van der Waals surface area contributed by atoms with Crippen LogP contribution in [0, 0.1) is 0 Å². The van der Waals surface area contributed by atoms with Crippen molar-refractivity contribution in [1.82, 2.24) is 5.32 Å². The summed E-state index contributed by atoms with van der Waals surface area (Å²) < 4.78 is 28.6. The van der Waals surface area contributed by atoms with Crippen molar-refractivity contribution >= 4 is 32.4 Å². The van der Waals surface area contributed by atoms with Crippen molar-refractivity contribution in [1.29, 1.82) is 0 Å². The maximum Gasteiger partial charge on any atom is 0.264 e. The van der Waals surface area contributed by atoms with E-state index in [0.717, 1.165) is 16.3 Å². The molecule has 5 nitrogen and oxygen atoms in total. The first-order valence-corrected chi connectivity index (χ1v) is 12.9. The predicted octanol–water partition coefficient (Wildman–Crippen LogP) is 5.17. The number of aryl methyl sites for hydroxylation is 1. The van der Waals surface area contributed by atoms with E-state index >= 15 is 0 Å². The van der Waals surface area contributed by atoms with Crippen LogP contribution >= 0.6 is 0 Å². The van der Waals surface area contributed by atoms with Crippen LogP contribution in [0.5, 0.6) is 0 Å². The number of carbonyl (C=O) groups is 1. The van der Waals surface area contributed by atoms with Crippen LogP contribution in [0.2, 0.25) is 0 Å². The van der Waals surface area contributed by atoms with E-state index in [0.29, 0.717) is 31.5 Å². The maximum atomic E-state index is 13.6. The van der Waals surface area contributed by atoms with E-state index in [1.807, 2.05) is 78.9 Å². The van der Waals surface area contributed by atoms with Crippen molar-refractivity contribution in [3.63, 3.8) is 0 Å². The molecule has 0 aliphatic carbocycles. The number of fused-ring (bicyclic) bond motifs is 1. The zero-order valence-electron chi connectivity index (χ0n) is 18.9. The maximum absolute atomic E-state index is 13.6. The molecule has 0 aliphatic rings. The fourth-order valence-electron chi connectivity index (χ4n) is 3.88. The smallest absolute Gasteiger partial charge is 0.264 e. The van der Waals surface area contributed by atoms with Gasteiger partial charge < -0.3 is 5.32 Å². The van der Waals surface area contributed by atoms with Gasteiger partial charge in [-0.15, -0.1) is 0 Å². The van der Waals surface area contributed by atoms with Gasteiger partial charge in [-0.25, -0.2) is 8.42 Å². The van der Waals surface area contributed by atoms with Gasteiger partial charge in [-0.1, -0.05) is 78.9 Å². The molecule has 1 amide bonds. The average Bonchev–Trinajstić information content (AvgIpc) is 2.88. The zero-order chi connectivity index (χ0) is 23.8. The molecule has 1 N–H and O–H groups in total. The number of nitrogens with one attached hydrogen (secondary N) is 1. The summed E-state index contributed by atoms with van der Waals surface area (Å²) in [4.78, 5) is 12.5. The van der Waals surface area contributed by atoms with Crippen LogP contribution in [0.25, 0.3) is 10.8 Å². The minimum atomic E-state index is -3.77. The lowest BCUT2D eigenvalue weighted by atomic mass is 10.1. The van der Waals surface area contributed by atoms with Crippen LogP contribution in [0.15, 0.2) is 108 Å². The molecule has 34 heavy (non-hydrogen) atoms. The van der Waals surface area contributed by atoms with E-state index < -0.39 is 10.0 Å². The number of rotatable bonds is 10. The minimum absolute atomic E-state index is 0.0347. The Morgan fingerprint density at radius 3 is 2.15 bits per heavy atom. The predicted molar refractivity (Wildman–Crippen MR) is 137 cm³/mol. The topological polar surface area (TPSA) is 66.5 Å². The highest BCUT2D eigenvalue weighted by molar-refractivity contribution is 7.92. The lowest BCUT2D eigenvalue weighted by Crippen LogP contribution is -2.34. The molecule has 0 saturated heterocycles. The van der Waals surface area contributed by atoms with Crippen LogP contribution in [-0.4, -0.2) is 27.4 Å². The largest absolute Gasteiger partial charge is 0.356 e. The molecule has 6 heteroatoms. The van der Waals surface area contributed by atoms with Gasteiger partial charge >= 0.3 is 0 Å². The van der Waals surface area contributed by atoms with Gasteiger partial charge in [0.25, 0.3) is 10.0 Å². The molecule has 174 valence electrons. The number of hydrogen-bond acceptors (Lipinski definition) is 3. The molecule has 4 rings (SSSR count). The molecule has 0 atom stereocenters. The molecule has 0 spiro atoms. The van der Waals surface area contributed by atoms with Crippen LogP contribution in [0.1, 0.15) is 18.4 Å². The van der Waals surface area contributed by atoms with Crippen molar-refractivity contribution in [3.8, 4) is 0 Å². The monoisotopic (exact) mass is 472 g/mol. The van der Waals surface area contributed by atoms with E-state index in [9.17, 15) is 13.2 Å². The number of hydrogen-bond donors (Lipinski definition) is 1. The Kier molecular flexibility index (Phi) is 7.60. The van der Waals surface area contributed by atoms with Crippen molar-refractivity contribution < 1.29 is 13.2 Å². The lowest BCUT2D eigenvalue weighted by Gasteiger charge is -2.25. The Hall–Kier alpha value is -3.64. The van der Waals surface area contributed by atoms with Gasteiger partial charge in [0, 0.05) is 19.5 Å². The Morgan fingerprint density at radius 2 is 1.41 bits per heavy atom. The Bertz CT molecular complexity index is 1340. The number of benzene rings is 4. The summed E-state index contributed by atoms with van der Waals surface area (Å²) in [7, 11) is -3.77. The average molecular weight is 473 g/mol. The summed E-state index contributed by atoms with van der Waals surface area (Å²) in [5.74, 6) is -0.0347. The van der Waals surface area contributed by atoms with Gasteiger partial charge in [-0.3, -0.25) is 9.10 Å². The molecule has 0 fully saturated rings. The lowest BCUT2D eigenvalue weighted by molar-refractivity contribution is -0.121. The number of para-hydroxylation sites is 1. The van der Waals surface area contributed by atoms with Gasteiger partial charge in [-0.2, -0.15) is 0 Å². The third-order valence-corrected chi connectivity index (χ3v) is 7.52. The number of carbonyl (C=O) groups excluding carboxylic acids is 1. The molecular formula is C28H28N2O3S. The van der Waals surface area contributed by atoms with Gasteiger partial charge in [-0.05, 0) is 53.4 Å². The van der Waals surface area contributed by atoms with Gasteiger partial charge in [0.2, 0.25) is 5.91 Å². The van der Waals surface area contributed by atoms with E-state index in [2.05, 4.69) is 5.32 Å². The van der Waals surface area contributed by atoms with Crippen molar-refractivity contribution in [2.75, 3.05) is 17.4 Å². The second-order valence-corrected chi connectivity index (χ2v) is 9.97. The molecule has 0 aromatic heterocycles. The molecule has 0 bridgehead atoms. The minimum Gasteiger partial charge on any atom is -0.356 e. The standard InChI is InChI=1S/C28H28N2O3S/c31-28(19-16-23-10-3-1-4-11-23)29-20-9-21-30(26-14-5-2-6-15-26)34(32,33)27-18-17-24-12-7-8-13-25(24)22-27/h1-8,10-15,17-18,22H,9,16,19-21H2,(H,29,31). The van der Waals surface area contributed by atoms with Gasteiger partial charge in [0.15, 0.2) is 0 Å². The molecule has 4 aromatic carbocycles. The summed E-state index contributed by atoms with van der Waals surface area (Å²) in [6, 6.07) is 31.9. The fourth-order valence-corrected chi connectivity index (χ4v) is 5.42. The highest BCUT2D eigenvalue weighted by Crippen LogP contribution is 2.26. The number of anilines is 1. The van der Waals surface area contributed by atoms with Gasteiger partial charge in [0.1, 0.15) is 0 Å². The first-order valence-electron chi connectivity index (χ1n) is 11.4. The van der Waals surface area contributed by atoms with Gasteiger partial charge in [0.05, 0.1) is 10.6 Å². The molecule has 0 radical (unpaired) electrons. The third-order valence-electron chi connectivity index (χ3n) is 5.70. The summed E-state index contributed by atoms with van der Waals surface area (Å²) >= 11 is 0. The van der Waals surface area contributed by atoms with E-state index in [4.69, 9.17) is 0 Å². The summed E-state index contributed by atoms with van der Waals surface area (Å²) in [5, 5.41) is 4.78. The summed E-state index contributed by atoms with van der Waals surface area (Å²) in [6.07, 6.45) is 1.58. The highest BCUT2D eigenvalue weighted by atomic mass is 32.2. The first kappa shape index (κ1) is 23.5. The second kappa shape index (κ2) is 11.0. The molecule has 0 heterocycles. The number of amides is 1. The fraction of sp³-hybridized carbons (Fsp3) is 0.179. The van der Waals surface area contributed by atoms with Crippen LogP contribution < -0.4 is 9.62 Å². The second-order valence-electron chi connectivity index (χ2n) is 8.11. The van der Waals surface area contributed by atoms with E-state index in [1.54, 1.807) is 24.3 Å². The Morgan fingerprint density at radius 1 is 0.765 bits per heavy atom. The molecule has 0 unspecified atom stereocenters. The van der Waals surface area contributed by atoms with E-state index in [-0.39, 0.29) is 17.3 Å². The number of nitrogens with zero attached hydrogens (tertiary/aromatic N) is 1. The molecule has 0 aliphatic heterocycles. The Labute approximate surface area is 201 Å². The molecule has 4 aromatic rings. The SMILES string of the molecule is O=C(CCc1ccccc1)NCCCN(c1ccccc1)S(=O)(=O)c1ccc2ccccc2c1. The number of sulfonamides is 1. The van der Waals surface area contributed by atoms with Crippen LogP contribution in [0.4, 0.5) is 5.69 Å². The quantitative estimate of drug-likeness (QED) is 0.324. The third kappa shape index (κ3) is 5.83.